The average molecular weight is 379 g/mol. The fraction of sp³-hybridized carbons (Fsp3) is 0.0588. The van der Waals surface area contributed by atoms with Crippen molar-refractivity contribution in [2.75, 3.05) is 12.0 Å². The molecular weight excluding hydrogens is 367 g/mol. The minimum Gasteiger partial charge on any atom is -0.497 e. The van der Waals surface area contributed by atoms with Crippen LogP contribution in [0.5, 0.6) is 5.75 Å². The lowest BCUT2D eigenvalue weighted by Gasteiger charge is -2.14. The van der Waals surface area contributed by atoms with Crippen molar-refractivity contribution in [2.24, 2.45) is 0 Å². The molecule has 2 aromatic rings. The van der Waals surface area contributed by atoms with Gasteiger partial charge in [0.15, 0.2) is 5.11 Å². The smallest absolute Gasteiger partial charge is 0.281 e. The molecule has 0 atom stereocenters. The number of carbonyl (C=O) groups excluding carboxylic acids is 1. The van der Waals surface area contributed by atoms with Gasteiger partial charge in [0.25, 0.3) is 5.91 Å². The van der Waals surface area contributed by atoms with Gasteiger partial charge < -0.3 is 10.1 Å². The minimum absolute atomic E-state index is 0.274. The van der Waals surface area contributed by atoms with Crippen LogP contribution in [0.15, 0.2) is 48.2 Å². The number of halogens is 2. The fourth-order valence-corrected chi connectivity index (χ4v) is 2.97. The van der Waals surface area contributed by atoms with Crippen molar-refractivity contribution in [1.82, 2.24) is 5.32 Å². The molecule has 1 aliphatic rings. The molecule has 0 aromatic heterocycles. The first-order valence-electron chi connectivity index (χ1n) is 6.96. The zero-order chi connectivity index (χ0) is 17.3. The number of methoxy groups -OCH3 is 1. The molecule has 0 aliphatic carbocycles. The molecule has 3 rings (SSSR count). The van der Waals surface area contributed by atoms with Crippen LogP contribution >= 0.6 is 35.4 Å². The van der Waals surface area contributed by atoms with Gasteiger partial charge in [-0.3, -0.25) is 9.69 Å². The van der Waals surface area contributed by atoms with Crippen LogP contribution in [0.2, 0.25) is 10.0 Å². The average Bonchev–Trinajstić information content (AvgIpc) is 2.85. The fourth-order valence-electron chi connectivity index (χ4n) is 2.31. The summed E-state index contributed by atoms with van der Waals surface area (Å²) in [7, 11) is 1.56. The Morgan fingerprint density at radius 1 is 1.21 bits per heavy atom. The van der Waals surface area contributed by atoms with Gasteiger partial charge in [-0.2, -0.15) is 0 Å². The molecule has 1 fully saturated rings. The monoisotopic (exact) mass is 378 g/mol. The first-order valence-corrected chi connectivity index (χ1v) is 8.13. The van der Waals surface area contributed by atoms with E-state index in [4.69, 9.17) is 40.2 Å². The minimum atomic E-state index is -0.274. The number of anilines is 1. The van der Waals surface area contributed by atoms with Crippen LogP contribution in [-0.2, 0) is 4.79 Å². The zero-order valence-electron chi connectivity index (χ0n) is 12.5. The molecule has 1 aliphatic heterocycles. The van der Waals surface area contributed by atoms with Crippen molar-refractivity contribution in [3.63, 3.8) is 0 Å². The summed E-state index contributed by atoms with van der Waals surface area (Å²) in [6.07, 6.45) is 1.63. The highest BCUT2D eigenvalue weighted by Gasteiger charge is 2.32. The maximum Gasteiger partial charge on any atom is 0.281 e. The summed E-state index contributed by atoms with van der Waals surface area (Å²) >= 11 is 17.5. The van der Waals surface area contributed by atoms with Crippen molar-refractivity contribution in [2.45, 2.75) is 0 Å². The van der Waals surface area contributed by atoms with Gasteiger partial charge in [-0.1, -0.05) is 41.4 Å². The summed E-state index contributed by atoms with van der Waals surface area (Å²) in [4.78, 5) is 14.1. The van der Waals surface area contributed by atoms with Gasteiger partial charge in [-0.25, -0.2) is 0 Å². The quantitative estimate of drug-likeness (QED) is 0.639. The Balaban J connectivity index is 1.97. The molecule has 2 aromatic carbocycles. The van der Waals surface area contributed by atoms with Crippen molar-refractivity contribution in [1.29, 1.82) is 0 Å². The standard InChI is InChI=1S/C17H12Cl2N2O2S/c1-23-12-6-3-5-11(9-12)21-16(22)14(20-17(21)24)8-10-4-2-7-13(18)15(10)19/h2-9H,1H3,(H,20,24)/b14-8-. The maximum atomic E-state index is 12.7. The van der Waals surface area contributed by atoms with Crippen LogP contribution < -0.4 is 15.0 Å². The summed E-state index contributed by atoms with van der Waals surface area (Å²) in [6, 6.07) is 12.3. The molecule has 1 N–H and O–H groups in total. The van der Waals surface area contributed by atoms with Crippen LogP contribution in [-0.4, -0.2) is 18.1 Å². The largest absolute Gasteiger partial charge is 0.497 e. The third-order valence-electron chi connectivity index (χ3n) is 3.47. The third-order valence-corrected chi connectivity index (χ3v) is 4.59. The molecule has 122 valence electrons. The van der Waals surface area contributed by atoms with Gasteiger partial charge in [0.05, 0.1) is 22.8 Å². The van der Waals surface area contributed by atoms with Crippen molar-refractivity contribution < 1.29 is 9.53 Å². The lowest BCUT2D eigenvalue weighted by molar-refractivity contribution is -0.113. The summed E-state index contributed by atoms with van der Waals surface area (Å²) in [6.45, 7) is 0. The molecule has 24 heavy (non-hydrogen) atoms. The number of amides is 1. The summed E-state index contributed by atoms with van der Waals surface area (Å²) in [5.41, 5.74) is 1.58. The normalized spacial score (nSPS) is 15.8. The van der Waals surface area contributed by atoms with E-state index in [1.165, 1.54) is 4.90 Å². The van der Waals surface area contributed by atoms with E-state index in [2.05, 4.69) is 5.32 Å². The molecule has 1 heterocycles. The van der Waals surface area contributed by atoms with Crippen molar-refractivity contribution in [3.8, 4) is 5.75 Å². The van der Waals surface area contributed by atoms with Gasteiger partial charge in [-0.15, -0.1) is 0 Å². The Labute approximate surface area is 154 Å². The van der Waals surface area contributed by atoms with E-state index in [0.717, 1.165) is 0 Å². The zero-order valence-corrected chi connectivity index (χ0v) is 14.9. The molecule has 0 unspecified atom stereocenters. The number of carbonyl (C=O) groups is 1. The molecule has 1 amide bonds. The highest BCUT2D eigenvalue weighted by atomic mass is 35.5. The number of rotatable bonds is 3. The second-order valence-electron chi connectivity index (χ2n) is 4.97. The molecule has 0 saturated carbocycles. The number of nitrogens with zero attached hydrogens (tertiary/aromatic N) is 1. The Bertz CT molecular complexity index is 867. The molecule has 1 saturated heterocycles. The van der Waals surface area contributed by atoms with E-state index >= 15 is 0 Å². The number of nitrogens with one attached hydrogen (secondary N) is 1. The van der Waals surface area contributed by atoms with E-state index in [1.54, 1.807) is 55.7 Å². The van der Waals surface area contributed by atoms with Crippen LogP contribution in [0.25, 0.3) is 6.08 Å². The predicted molar refractivity (Wildman–Crippen MR) is 101 cm³/mol. The van der Waals surface area contributed by atoms with Crippen molar-refractivity contribution in [3.05, 3.63) is 63.8 Å². The molecular formula is C17H12Cl2N2O2S. The molecule has 0 radical (unpaired) electrons. The topological polar surface area (TPSA) is 41.6 Å². The van der Waals surface area contributed by atoms with Crippen molar-refractivity contribution >= 4 is 58.2 Å². The van der Waals surface area contributed by atoms with E-state index in [0.29, 0.717) is 32.7 Å². The Morgan fingerprint density at radius 2 is 1.96 bits per heavy atom. The molecule has 0 spiro atoms. The van der Waals surface area contributed by atoms with E-state index in [1.807, 2.05) is 0 Å². The van der Waals surface area contributed by atoms with Gasteiger partial charge in [0, 0.05) is 6.07 Å². The number of benzene rings is 2. The van der Waals surface area contributed by atoms with Gasteiger partial charge >= 0.3 is 0 Å². The second kappa shape index (κ2) is 6.81. The summed E-state index contributed by atoms with van der Waals surface area (Å²) in [5, 5.41) is 4.00. The summed E-state index contributed by atoms with van der Waals surface area (Å²) in [5.74, 6) is 0.364. The number of hydrogen-bond acceptors (Lipinski definition) is 3. The Kier molecular flexibility index (Phi) is 4.76. The van der Waals surface area contributed by atoms with Gasteiger partial charge in [-0.05, 0) is 42.1 Å². The highest BCUT2D eigenvalue weighted by molar-refractivity contribution is 7.80. The lowest BCUT2D eigenvalue weighted by Crippen LogP contribution is -2.30. The number of hydrogen-bond donors (Lipinski definition) is 1. The van der Waals surface area contributed by atoms with Gasteiger partial charge in [0.2, 0.25) is 0 Å². The van der Waals surface area contributed by atoms with Crippen LogP contribution in [0.4, 0.5) is 5.69 Å². The Morgan fingerprint density at radius 3 is 2.71 bits per heavy atom. The number of ether oxygens (including phenoxy) is 1. The molecule has 7 heteroatoms. The maximum absolute atomic E-state index is 12.7. The van der Waals surface area contributed by atoms with E-state index in [9.17, 15) is 4.79 Å². The number of thiocarbonyl (C=S) groups is 1. The second-order valence-corrected chi connectivity index (χ2v) is 6.15. The first-order chi connectivity index (χ1) is 11.5. The molecule has 4 nitrogen and oxygen atoms in total. The SMILES string of the molecule is COc1cccc(N2C(=O)/C(=C/c3cccc(Cl)c3Cl)NC2=S)c1. The highest BCUT2D eigenvalue weighted by Crippen LogP contribution is 2.29. The van der Waals surface area contributed by atoms with Crippen LogP contribution in [0.3, 0.4) is 0 Å². The van der Waals surface area contributed by atoms with E-state index < -0.39 is 0 Å². The molecule has 0 bridgehead atoms. The first kappa shape index (κ1) is 16.8. The van der Waals surface area contributed by atoms with Gasteiger partial charge in [0.1, 0.15) is 11.4 Å². The van der Waals surface area contributed by atoms with Crippen LogP contribution in [0.1, 0.15) is 5.56 Å². The van der Waals surface area contributed by atoms with Crippen LogP contribution in [0, 0.1) is 0 Å². The third kappa shape index (κ3) is 3.11. The summed E-state index contributed by atoms with van der Waals surface area (Å²) < 4.78 is 5.19. The van der Waals surface area contributed by atoms with E-state index in [-0.39, 0.29) is 11.0 Å². The Hall–Kier alpha value is -2.08. The lowest BCUT2D eigenvalue weighted by atomic mass is 10.2. The predicted octanol–water partition coefficient (Wildman–Crippen LogP) is 4.26.